The van der Waals surface area contributed by atoms with Gasteiger partial charge in [0.05, 0.1) is 22.1 Å². The van der Waals surface area contributed by atoms with Gasteiger partial charge in [-0.2, -0.15) is 0 Å². The first-order valence-electron chi connectivity index (χ1n) is 23.1. The third kappa shape index (κ3) is 10.5. The number of aryl methyl sites for hydroxylation is 2. The smallest absolute Gasteiger partial charge is 0.0548 e. The number of aromatic nitrogens is 2. The third-order valence-electron chi connectivity index (χ3n) is 12.6. The Labute approximate surface area is 358 Å². The SMILES string of the molecule is CCCCCCCCCCCCc1ccc(-n2c3ccc(Cl)cc3c3cc4c(cc32)c2cc(Cl)ccc2n4-c2ccc(CCCCCCCCCCCC)cc2)cc1. The number of halogens is 2. The average molecular weight is 814 g/mol. The molecule has 4 heteroatoms. The summed E-state index contributed by atoms with van der Waals surface area (Å²) in [7, 11) is 0. The number of hydrogen-bond acceptors (Lipinski definition) is 0. The Balaban J connectivity index is 1.10. The minimum atomic E-state index is 0.754. The highest BCUT2D eigenvalue weighted by atomic mass is 35.5. The second kappa shape index (κ2) is 21.5. The fourth-order valence-corrected chi connectivity index (χ4v) is 9.63. The van der Waals surface area contributed by atoms with E-state index in [9.17, 15) is 0 Å². The van der Waals surface area contributed by atoms with Gasteiger partial charge in [0.15, 0.2) is 0 Å². The first-order chi connectivity index (χ1) is 28.6. The van der Waals surface area contributed by atoms with Crippen LogP contribution in [0, 0.1) is 0 Å². The van der Waals surface area contributed by atoms with Gasteiger partial charge in [-0.25, -0.2) is 0 Å². The molecular formula is C54H66Cl2N2. The lowest BCUT2D eigenvalue weighted by Crippen LogP contribution is -1.96. The number of nitrogens with zero attached hydrogens (tertiary/aromatic N) is 2. The van der Waals surface area contributed by atoms with Crippen LogP contribution in [-0.2, 0) is 12.8 Å². The van der Waals surface area contributed by atoms with Crippen molar-refractivity contribution in [2.45, 2.75) is 155 Å². The molecule has 306 valence electrons. The van der Waals surface area contributed by atoms with Crippen molar-refractivity contribution >= 4 is 66.8 Å². The van der Waals surface area contributed by atoms with Gasteiger partial charge >= 0.3 is 0 Å². The van der Waals surface area contributed by atoms with Crippen LogP contribution in [0.4, 0.5) is 0 Å². The van der Waals surface area contributed by atoms with Gasteiger partial charge in [0.2, 0.25) is 0 Å². The van der Waals surface area contributed by atoms with Crippen molar-refractivity contribution in [2.75, 3.05) is 0 Å². The number of hydrogen-bond donors (Lipinski definition) is 0. The normalized spacial score (nSPS) is 11.9. The molecule has 0 aliphatic rings. The summed E-state index contributed by atoms with van der Waals surface area (Å²) in [6, 6.07) is 36.0. The Morgan fingerprint density at radius 1 is 0.328 bits per heavy atom. The molecule has 0 fully saturated rings. The van der Waals surface area contributed by atoms with Crippen molar-refractivity contribution < 1.29 is 0 Å². The lowest BCUT2D eigenvalue weighted by Gasteiger charge is -2.11. The van der Waals surface area contributed by atoms with E-state index in [1.165, 1.54) is 195 Å². The molecule has 7 rings (SSSR count). The summed E-state index contributed by atoms with van der Waals surface area (Å²) >= 11 is 13.4. The molecule has 0 amide bonds. The van der Waals surface area contributed by atoms with E-state index < -0.39 is 0 Å². The Kier molecular flexibility index (Phi) is 15.7. The molecule has 0 atom stereocenters. The zero-order valence-corrected chi connectivity index (χ0v) is 37.0. The molecule has 2 aromatic heterocycles. The summed E-state index contributed by atoms with van der Waals surface area (Å²) in [5.41, 5.74) is 9.88. The Morgan fingerprint density at radius 3 is 0.983 bits per heavy atom. The monoisotopic (exact) mass is 812 g/mol. The topological polar surface area (TPSA) is 9.86 Å². The molecule has 0 bridgehead atoms. The molecule has 2 nitrogen and oxygen atoms in total. The second-order valence-corrected chi connectivity index (χ2v) is 17.9. The molecule has 0 N–H and O–H groups in total. The van der Waals surface area contributed by atoms with E-state index in [2.05, 4.69) is 108 Å². The van der Waals surface area contributed by atoms with E-state index in [0.717, 1.165) is 22.9 Å². The Bertz CT molecular complexity index is 2180. The maximum Gasteiger partial charge on any atom is 0.0548 e. The Hall–Kier alpha value is -3.72. The van der Waals surface area contributed by atoms with Crippen molar-refractivity contribution in [3.8, 4) is 11.4 Å². The summed E-state index contributed by atoms with van der Waals surface area (Å²) < 4.78 is 4.84. The van der Waals surface area contributed by atoms with E-state index >= 15 is 0 Å². The summed E-state index contributed by atoms with van der Waals surface area (Å²) in [6.07, 6.45) is 29.6. The third-order valence-corrected chi connectivity index (χ3v) is 13.1. The maximum absolute atomic E-state index is 6.71. The van der Waals surface area contributed by atoms with E-state index in [0.29, 0.717) is 0 Å². The molecule has 2 heterocycles. The van der Waals surface area contributed by atoms with E-state index in [1.807, 2.05) is 12.1 Å². The van der Waals surface area contributed by atoms with Crippen LogP contribution in [0.25, 0.3) is 55.0 Å². The lowest BCUT2D eigenvalue weighted by molar-refractivity contribution is 0.556. The largest absolute Gasteiger partial charge is 0.309 e. The number of fused-ring (bicyclic) bond motifs is 6. The quantitative estimate of drug-likeness (QED) is 0.0538. The zero-order chi connectivity index (χ0) is 40.1. The molecule has 0 spiro atoms. The molecule has 7 aromatic rings. The van der Waals surface area contributed by atoms with Crippen molar-refractivity contribution in [1.82, 2.24) is 9.13 Å². The van der Waals surface area contributed by atoms with E-state index in [4.69, 9.17) is 23.2 Å². The fraction of sp³-hybridized carbons (Fsp3) is 0.444. The fourth-order valence-electron chi connectivity index (χ4n) is 9.29. The highest BCUT2D eigenvalue weighted by molar-refractivity contribution is 6.33. The number of unbranched alkanes of at least 4 members (excludes halogenated alkanes) is 18. The molecule has 0 radical (unpaired) electrons. The van der Waals surface area contributed by atoms with Gasteiger partial charge in [0.1, 0.15) is 0 Å². The number of rotatable bonds is 24. The first kappa shape index (κ1) is 42.4. The highest BCUT2D eigenvalue weighted by Crippen LogP contribution is 2.41. The van der Waals surface area contributed by atoms with Crippen LogP contribution in [0.5, 0.6) is 0 Å². The molecule has 0 saturated carbocycles. The maximum atomic E-state index is 6.71. The molecule has 0 aliphatic heterocycles. The molecule has 0 saturated heterocycles. The molecular weight excluding hydrogens is 748 g/mol. The lowest BCUT2D eigenvalue weighted by atomic mass is 10.0. The minimum absolute atomic E-state index is 0.754. The molecule has 58 heavy (non-hydrogen) atoms. The highest BCUT2D eigenvalue weighted by Gasteiger charge is 2.19. The summed E-state index contributed by atoms with van der Waals surface area (Å²) in [6.45, 7) is 4.59. The Morgan fingerprint density at radius 2 is 0.638 bits per heavy atom. The van der Waals surface area contributed by atoms with Crippen LogP contribution < -0.4 is 0 Å². The van der Waals surface area contributed by atoms with Gasteiger partial charge < -0.3 is 9.13 Å². The first-order valence-corrected chi connectivity index (χ1v) is 23.9. The van der Waals surface area contributed by atoms with Gasteiger partial charge in [-0.05, 0) is 110 Å². The van der Waals surface area contributed by atoms with Gasteiger partial charge in [0, 0.05) is 43.0 Å². The van der Waals surface area contributed by atoms with E-state index in [1.54, 1.807) is 0 Å². The standard InChI is InChI=1S/C54H66Cl2N2/c1-3-5-7-9-11-13-15-17-19-21-23-41-25-31-45(32-26-41)57-51-35-29-43(55)37-47(51)49-40-54-50(39-53(49)57)48-38-44(56)30-36-52(48)58(54)46-33-27-42(28-34-46)24-22-20-18-16-14-12-10-8-6-4-2/h25-40H,3-24H2,1-2H3. The van der Waals surface area contributed by atoms with Crippen LogP contribution in [-0.4, -0.2) is 9.13 Å². The minimum Gasteiger partial charge on any atom is -0.309 e. The predicted octanol–water partition coefficient (Wildman–Crippen LogP) is 18.1. The van der Waals surface area contributed by atoms with Crippen molar-refractivity contribution in [2.24, 2.45) is 0 Å². The van der Waals surface area contributed by atoms with Gasteiger partial charge in [0.25, 0.3) is 0 Å². The van der Waals surface area contributed by atoms with Crippen LogP contribution in [0.2, 0.25) is 10.0 Å². The van der Waals surface area contributed by atoms with Gasteiger partial charge in [-0.15, -0.1) is 0 Å². The predicted molar refractivity (Wildman–Crippen MR) is 256 cm³/mol. The van der Waals surface area contributed by atoms with Crippen LogP contribution in [0.15, 0.2) is 97.1 Å². The summed E-state index contributed by atoms with van der Waals surface area (Å²) in [5.74, 6) is 0. The molecule has 0 unspecified atom stereocenters. The van der Waals surface area contributed by atoms with Gasteiger partial charge in [-0.1, -0.05) is 177 Å². The molecule has 5 aromatic carbocycles. The van der Waals surface area contributed by atoms with Crippen LogP contribution >= 0.6 is 23.2 Å². The van der Waals surface area contributed by atoms with Gasteiger partial charge in [-0.3, -0.25) is 0 Å². The zero-order valence-electron chi connectivity index (χ0n) is 35.4. The summed E-state index contributed by atoms with van der Waals surface area (Å²) in [4.78, 5) is 0. The average Bonchev–Trinajstić information content (AvgIpc) is 3.72. The van der Waals surface area contributed by atoms with E-state index in [-0.39, 0.29) is 0 Å². The molecule has 0 aliphatic carbocycles. The van der Waals surface area contributed by atoms with Crippen LogP contribution in [0.3, 0.4) is 0 Å². The second-order valence-electron chi connectivity index (χ2n) is 17.1. The van der Waals surface area contributed by atoms with Crippen molar-refractivity contribution in [3.05, 3.63) is 118 Å². The van der Waals surface area contributed by atoms with Crippen molar-refractivity contribution in [1.29, 1.82) is 0 Å². The number of benzene rings is 5. The van der Waals surface area contributed by atoms with Crippen LogP contribution in [0.1, 0.15) is 153 Å². The summed E-state index contributed by atoms with van der Waals surface area (Å²) in [5, 5.41) is 6.24. The van der Waals surface area contributed by atoms with Crippen molar-refractivity contribution in [3.63, 3.8) is 0 Å².